The Morgan fingerprint density at radius 2 is 2.24 bits per heavy atom. The number of carbonyl (C=O) groups excluding carboxylic acids is 1. The molecule has 110 valence electrons. The Morgan fingerprint density at radius 1 is 1.38 bits per heavy atom. The van der Waals surface area contributed by atoms with Crippen molar-refractivity contribution in [2.24, 2.45) is 5.92 Å². The van der Waals surface area contributed by atoms with Crippen molar-refractivity contribution < 1.29 is 9.90 Å². The number of rotatable bonds is 2. The first-order valence-electron chi connectivity index (χ1n) is 7.70. The molecule has 21 heavy (non-hydrogen) atoms. The van der Waals surface area contributed by atoms with Crippen LogP contribution in [0.25, 0.3) is 0 Å². The molecular formula is C18H21NO2. The first-order valence-corrected chi connectivity index (χ1v) is 7.70. The second kappa shape index (κ2) is 5.91. The van der Waals surface area contributed by atoms with Crippen molar-refractivity contribution in [3.8, 4) is 11.8 Å². The Balaban J connectivity index is 1.81. The summed E-state index contributed by atoms with van der Waals surface area (Å²) >= 11 is 0. The molecule has 0 aromatic heterocycles. The van der Waals surface area contributed by atoms with E-state index in [0.717, 1.165) is 29.7 Å². The lowest BCUT2D eigenvalue weighted by molar-refractivity contribution is 0.0703. The van der Waals surface area contributed by atoms with E-state index < -0.39 is 0 Å². The van der Waals surface area contributed by atoms with Crippen molar-refractivity contribution in [1.29, 1.82) is 0 Å². The number of carbonyl (C=O) groups is 1. The van der Waals surface area contributed by atoms with Gasteiger partial charge in [-0.1, -0.05) is 11.8 Å². The van der Waals surface area contributed by atoms with E-state index in [1.54, 1.807) is 0 Å². The highest BCUT2D eigenvalue weighted by molar-refractivity contribution is 5.95. The molecule has 1 aromatic rings. The molecule has 1 aliphatic carbocycles. The number of aryl methyl sites for hydroxylation is 1. The number of amides is 1. The minimum atomic E-state index is 0.0709. The van der Waals surface area contributed by atoms with Gasteiger partial charge in [-0.15, -0.1) is 0 Å². The van der Waals surface area contributed by atoms with E-state index in [1.165, 1.54) is 12.8 Å². The van der Waals surface area contributed by atoms with Gasteiger partial charge in [-0.2, -0.15) is 0 Å². The number of piperidine rings is 1. The molecule has 0 radical (unpaired) electrons. The van der Waals surface area contributed by atoms with Gasteiger partial charge in [0.25, 0.3) is 5.91 Å². The fourth-order valence-electron chi connectivity index (χ4n) is 3.54. The Bertz CT molecular complexity index is 611. The average Bonchev–Trinajstić information content (AvgIpc) is 3.09. The summed E-state index contributed by atoms with van der Waals surface area (Å²) in [6.45, 7) is 2.98. The highest BCUT2D eigenvalue weighted by Gasteiger charge is 2.40. The van der Waals surface area contributed by atoms with E-state index in [4.69, 9.17) is 5.11 Å². The smallest absolute Gasteiger partial charge is 0.254 e. The summed E-state index contributed by atoms with van der Waals surface area (Å²) in [6, 6.07) is 6.26. The predicted molar refractivity (Wildman–Crippen MR) is 81.9 cm³/mol. The summed E-state index contributed by atoms with van der Waals surface area (Å²) in [5.41, 5.74) is 2.66. The fraction of sp³-hybridized carbons (Fsp3) is 0.500. The minimum absolute atomic E-state index is 0.0709. The lowest BCUT2D eigenvalue weighted by Gasteiger charge is -2.27. The molecule has 1 saturated heterocycles. The number of aliphatic hydroxyl groups is 1. The van der Waals surface area contributed by atoms with Crippen molar-refractivity contribution in [1.82, 2.24) is 4.90 Å². The molecule has 1 amide bonds. The van der Waals surface area contributed by atoms with Crippen LogP contribution in [0.5, 0.6) is 0 Å². The molecule has 1 N–H and O–H groups in total. The Morgan fingerprint density at radius 3 is 2.90 bits per heavy atom. The summed E-state index contributed by atoms with van der Waals surface area (Å²) < 4.78 is 0. The van der Waals surface area contributed by atoms with Crippen molar-refractivity contribution in [2.75, 3.05) is 13.2 Å². The summed E-state index contributed by atoms with van der Waals surface area (Å²) in [6.07, 6.45) is 4.08. The van der Waals surface area contributed by atoms with Gasteiger partial charge in [0.15, 0.2) is 0 Å². The van der Waals surface area contributed by atoms with Gasteiger partial charge >= 0.3 is 0 Å². The highest BCUT2D eigenvalue weighted by atomic mass is 16.2. The third-order valence-corrected chi connectivity index (χ3v) is 4.46. The molecule has 2 unspecified atom stereocenters. The number of hydrogen-bond acceptors (Lipinski definition) is 2. The van der Waals surface area contributed by atoms with Crippen LogP contribution in [0.2, 0.25) is 0 Å². The monoisotopic (exact) mass is 283 g/mol. The summed E-state index contributed by atoms with van der Waals surface area (Å²) in [5, 5.41) is 8.78. The normalized spacial score (nSPS) is 23.0. The molecule has 3 rings (SSSR count). The van der Waals surface area contributed by atoms with Crippen LogP contribution in [0, 0.1) is 24.7 Å². The van der Waals surface area contributed by atoms with E-state index in [9.17, 15) is 4.79 Å². The van der Waals surface area contributed by atoms with Gasteiger partial charge in [0.05, 0.1) is 6.61 Å². The fourth-order valence-corrected chi connectivity index (χ4v) is 3.54. The predicted octanol–water partition coefficient (Wildman–Crippen LogP) is 2.35. The van der Waals surface area contributed by atoms with Crippen LogP contribution in [-0.4, -0.2) is 35.1 Å². The molecule has 3 nitrogen and oxygen atoms in total. The van der Waals surface area contributed by atoms with Gasteiger partial charge in [0, 0.05) is 30.1 Å². The molecular weight excluding hydrogens is 262 g/mol. The zero-order valence-corrected chi connectivity index (χ0v) is 12.4. The van der Waals surface area contributed by atoms with Crippen LogP contribution >= 0.6 is 0 Å². The second-order valence-corrected chi connectivity index (χ2v) is 6.15. The quantitative estimate of drug-likeness (QED) is 0.846. The van der Waals surface area contributed by atoms with E-state index in [0.29, 0.717) is 18.4 Å². The van der Waals surface area contributed by atoms with Crippen LogP contribution in [0.4, 0.5) is 0 Å². The summed E-state index contributed by atoms with van der Waals surface area (Å²) in [7, 11) is 0. The number of likely N-dealkylation sites (tertiary alicyclic amines) is 1. The molecule has 3 heteroatoms. The van der Waals surface area contributed by atoms with Gasteiger partial charge in [0.2, 0.25) is 0 Å². The molecule has 2 fully saturated rings. The van der Waals surface area contributed by atoms with Crippen LogP contribution in [0.3, 0.4) is 0 Å². The average molecular weight is 283 g/mol. The number of aliphatic hydroxyl groups excluding tert-OH is 1. The minimum Gasteiger partial charge on any atom is -0.395 e. The number of fused-ring (bicyclic) bond motifs is 2. The van der Waals surface area contributed by atoms with Gasteiger partial charge in [0.1, 0.15) is 0 Å². The molecule has 2 aliphatic rings. The van der Waals surface area contributed by atoms with Crippen molar-refractivity contribution >= 4 is 5.91 Å². The summed E-state index contributed by atoms with van der Waals surface area (Å²) in [4.78, 5) is 14.8. The van der Waals surface area contributed by atoms with E-state index in [2.05, 4.69) is 11.8 Å². The Kier molecular flexibility index (Phi) is 3.98. The second-order valence-electron chi connectivity index (χ2n) is 6.15. The van der Waals surface area contributed by atoms with Gasteiger partial charge < -0.3 is 10.0 Å². The SMILES string of the molecule is Cc1cc(C#CCCO)cc(C(=O)N2CC3CCC2C3)c1. The molecule has 1 heterocycles. The number of benzene rings is 1. The first-order chi connectivity index (χ1) is 10.2. The van der Waals surface area contributed by atoms with Crippen molar-refractivity contribution in [3.05, 3.63) is 34.9 Å². The highest BCUT2D eigenvalue weighted by Crippen LogP contribution is 2.38. The topological polar surface area (TPSA) is 40.5 Å². The van der Waals surface area contributed by atoms with Crippen LogP contribution in [0.1, 0.15) is 47.2 Å². The third-order valence-electron chi connectivity index (χ3n) is 4.46. The summed E-state index contributed by atoms with van der Waals surface area (Å²) in [5.74, 6) is 6.81. The maximum Gasteiger partial charge on any atom is 0.254 e. The number of hydrogen-bond donors (Lipinski definition) is 1. The Labute approximate surface area is 126 Å². The maximum atomic E-state index is 12.7. The third kappa shape index (κ3) is 2.96. The van der Waals surface area contributed by atoms with E-state index in [1.807, 2.05) is 30.0 Å². The van der Waals surface area contributed by atoms with Gasteiger partial charge in [-0.3, -0.25) is 4.79 Å². The largest absolute Gasteiger partial charge is 0.395 e. The number of nitrogens with zero attached hydrogens (tertiary/aromatic N) is 1. The molecule has 2 atom stereocenters. The molecule has 2 bridgehead atoms. The molecule has 1 saturated carbocycles. The standard InChI is InChI=1S/C18H21NO2/c1-13-8-14(4-2-3-7-20)10-16(9-13)18(21)19-12-15-5-6-17(19)11-15/h8-10,15,17,20H,3,5-7,11-12H2,1H3. The van der Waals surface area contributed by atoms with Gasteiger partial charge in [-0.05, 0) is 55.9 Å². The molecule has 1 aliphatic heterocycles. The molecule has 0 spiro atoms. The van der Waals surface area contributed by atoms with Crippen LogP contribution in [0.15, 0.2) is 18.2 Å². The zero-order chi connectivity index (χ0) is 14.8. The van der Waals surface area contributed by atoms with Crippen LogP contribution < -0.4 is 0 Å². The van der Waals surface area contributed by atoms with E-state index in [-0.39, 0.29) is 12.5 Å². The molecule has 1 aromatic carbocycles. The maximum absolute atomic E-state index is 12.7. The zero-order valence-electron chi connectivity index (χ0n) is 12.4. The first kappa shape index (κ1) is 14.2. The lowest BCUT2D eigenvalue weighted by atomic mass is 10.0. The van der Waals surface area contributed by atoms with Crippen LogP contribution in [-0.2, 0) is 0 Å². The van der Waals surface area contributed by atoms with Gasteiger partial charge in [-0.25, -0.2) is 0 Å². The van der Waals surface area contributed by atoms with E-state index >= 15 is 0 Å². The lowest BCUT2D eigenvalue weighted by Crippen LogP contribution is -2.37. The van der Waals surface area contributed by atoms with Crippen molar-refractivity contribution in [3.63, 3.8) is 0 Å². The van der Waals surface area contributed by atoms with Crippen molar-refractivity contribution in [2.45, 2.75) is 38.6 Å². The Hall–Kier alpha value is -1.79.